The van der Waals surface area contributed by atoms with E-state index in [4.69, 9.17) is 10.3 Å². The van der Waals surface area contributed by atoms with E-state index in [1.165, 1.54) is 23.5 Å². The van der Waals surface area contributed by atoms with Crippen LogP contribution in [-0.4, -0.2) is 18.0 Å². The third-order valence-electron chi connectivity index (χ3n) is 2.35. The summed E-state index contributed by atoms with van der Waals surface area (Å²) in [4.78, 5) is 4.04. The molecule has 0 spiro atoms. The lowest BCUT2D eigenvalue weighted by Crippen LogP contribution is -1.96. The minimum absolute atomic E-state index is 0.0741. The first-order valence-electron chi connectivity index (χ1n) is 5.60. The van der Waals surface area contributed by atoms with Crippen molar-refractivity contribution in [3.8, 4) is 0 Å². The van der Waals surface area contributed by atoms with Crippen molar-refractivity contribution in [3.63, 3.8) is 0 Å². The fourth-order valence-corrected chi connectivity index (χ4v) is 2.72. The van der Waals surface area contributed by atoms with Gasteiger partial charge in [-0.1, -0.05) is 41.7 Å². The van der Waals surface area contributed by atoms with Crippen molar-refractivity contribution in [2.24, 2.45) is 0 Å². The molecule has 0 aliphatic heterocycles. The summed E-state index contributed by atoms with van der Waals surface area (Å²) in [5, 5.41) is 0.640. The first-order chi connectivity index (χ1) is 9.47. The Balaban J connectivity index is 0.000000147. The normalized spacial score (nSPS) is 10.8. The SMILES string of the molecule is Nc1nc2ccccc2s1.O=S(=O)(O)c1ccccc1. The molecule has 0 amide bonds. The summed E-state index contributed by atoms with van der Waals surface area (Å²) < 4.78 is 30.4. The minimum atomic E-state index is -4.00. The quantitative estimate of drug-likeness (QED) is 0.674. The van der Waals surface area contributed by atoms with Gasteiger partial charge in [-0.3, -0.25) is 4.55 Å². The van der Waals surface area contributed by atoms with Gasteiger partial charge in [-0.2, -0.15) is 8.42 Å². The van der Waals surface area contributed by atoms with E-state index in [0.717, 1.165) is 10.2 Å². The number of para-hydroxylation sites is 1. The fourth-order valence-electron chi connectivity index (χ4n) is 1.48. The van der Waals surface area contributed by atoms with Crippen molar-refractivity contribution in [2.75, 3.05) is 5.73 Å². The Hall–Kier alpha value is -1.96. The van der Waals surface area contributed by atoms with Crippen LogP contribution in [0.15, 0.2) is 59.5 Å². The Morgan fingerprint density at radius 2 is 1.60 bits per heavy atom. The predicted octanol–water partition coefficient (Wildman–Crippen LogP) is 2.81. The lowest BCUT2D eigenvalue weighted by atomic mass is 10.3. The van der Waals surface area contributed by atoms with Crippen LogP contribution in [0.4, 0.5) is 5.13 Å². The van der Waals surface area contributed by atoms with Crippen molar-refractivity contribution >= 4 is 36.8 Å². The highest BCUT2D eigenvalue weighted by molar-refractivity contribution is 7.85. The molecule has 0 fully saturated rings. The summed E-state index contributed by atoms with van der Waals surface area (Å²) in [6, 6.07) is 15.3. The highest BCUT2D eigenvalue weighted by Gasteiger charge is 2.05. The Kier molecular flexibility index (Phi) is 4.33. The topological polar surface area (TPSA) is 93.3 Å². The Morgan fingerprint density at radius 1 is 1.00 bits per heavy atom. The van der Waals surface area contributed by atoms with Crippen molar-refractivity contribution in [1.82, 2.24) is 4.98 Å². The smallest absolute Gasteiger partial charge is 0.294 e. The number of fused-ring (bicyclic) bond motifs is 1. The van der Waals surface area contributed by atoms with Gasteiger partial charge < -0.3 is 5.73 Å². The van der Waals surface area contributed by atoms with E-state index in [-0.39, 0.29) is 4.90 Å². The molecule has 3 rings (SSSR count). The maximum absolute atomic E-state index is 10.4. The summed E-state index contributed by atoms with van der Waals surface area (Å²) in [5.41, 5.74) is 6.49. The molecule has 0 saturated heterocycles. The van der Waals surface area contributed by atoms with Gasteiger partial charge in [0.15, 0.2) is 5.13 Å². The van der Waals surface area contributed by atoms with Gasteiger partial charge in [0.1, 0.15) is 0 Å². The molecule has 3 aromatic rings. The van der Waals surface area contributed by atoms with Crippen LogP contribution in [0.5, 0.6) is 0 Å². The zero-order valence-corrected chi connectivity index (χ0v) is 11.9. The second kappa shape index (κ2) is 6.00. The number of benzene rings is 2. The molecule has 1 heterocycles. The van der Waals surface area contributed by atoms with E-state index < -0.39 is 10.1 Å². The number of anilines is 1. The van der Waals surface area contributed by atoms with Crippen molar-refractivity contribution in [3.05, 3.63) is 54.6 Å². The lowest BCUT2D eigenvalue weighted by molar-refractivity contribution is 0.483. The molecule has 0 saturated carbocycles. The molecule has 20 heavy (non-hydrogen) atoms. The molecule has 5 nitrogen and oxygen atoms in total. The third-order valence-corrected chi connectivity index (χ3v) is 4.08. The van der Waals surface area contributed by atoms with Crippen molar-refractivity contribution in [1.29, 1.82) is 0 Å². The molecule has 0 radical (unpaired) electrons. The summed E-state index contributed by atoms with van der Waals surface area (Å²) in [6.45, 7) is 0. The molecule has 3 N–H and O–H groups in total. The molecule has 7 heteroatoms. The van der Waals surface area contributed by atoms with Crippen LogP contribution < -0.4 is 5.73 Å². The van der Waals surface area contributed by atoms with Crippen molar-refractivity contribution in [2.45, 2.75) is 4.90 Å². The second-order valence-electron chi connectivity index (χ2n) is 3.81. The minimum Gasteiger partial charge on any atom is -0.375 e. The standard InChI is InChI=1S/C7H6N2S.C6H6O3S/c8-7-9-5-3-1-2-4-6(5)10-7;7-10(8,9)6-4-2-1-3-5-6/h1-4H,(H2,8,9);1-5H,(H,7,8,9). The molecule has 0 atom stereocenters. The summed E-state index contributed by atoms with van der Waals surface area (Å²) in [7, 11) is -4.00. The largest absolute Gasteiger partial charge is 0.375 e. The molecule has 0 bridgehead atoms. The van der Waals surface area contributed by atoms with Gasteiger partial charge in [-0.15, -0.1) is 0 Å². The van der Waals surface area contributed by atoms with Gasteiger partial charge in [0.2, 0.25) is 0 Å². The summed E-state index contributed by atoms with van der Waals surface area (Å²) >= 11 is 1.52. The number of aromatic nitrogens is 1. The zero-order chi connectivity index (χ0) is 14.6. The highest BCUT2D eigenvalue weighted by atomic mass is 32.2. The highest BCUT2D eigenvalue weighted by Crippen LogP contribution is 2.22. The molecule has 0 aliphatic rings. The Labute approximate surface area is 120 Å². The zero-order valence-electron chi connectivity index (χ0n) is 10.3. The van der Waals surface area contributed by atoms with E-state index >= 15 is 0 Å². The number of hydrogen-bond donors (Lipinski definition) is 2. The number of hydrogen-bond acceptors (Lipinski definition) is 5. The molecular formula is C13H12N2O3S2. The lowest BCUT2D eigenvalue weighted by Gasteiger charge is -1.92. The number of rotatable bonds is 1. The van der Waals surface area contributed by atoms with Gasteiger partial charge in [-0.25, -0.2) is 4.98 Å². The maximum Gasteiger partial charge on any atom is 0.294 e. The van der Waals surface area contributed by atoms with Gasteiger partial charge in [0, 0.05) is 0 Å². The molecule has 1 aromatic heterocycles. The number of nitrogens with two attached hydrogens (primary N) is 1. The van der Waals surface area contributed by atoms with Crippen LogP contribution in [-0.2, 0) is 10.1 Å². The van der Waals surface area contributed by atoms with Crippen LogP contribution in [0.3, 0.4) is 0 Å². The van der Waals surface area contributed by atoms with Gasteiger partial charge in [-0.05, 0) is 24.3 Å². The molecule has 2 aromatic carbocycles. The molecule has 0 aliphatic carbocycles. The number of nitrogens with zero attached hydrogens (tertiary/aromatic N) is 1. The Morgan fingerprint density at radius 3 is 2.15 bits per heavy atom. The van der Waals surface area contributed by atoms with Crippen LogP contribution in [0.25, 0.3) is 10.2 Å². The second-order valence-corrected chi connectivity index (χ2v) is 6.29. The summed E-state index contributed by atoms with van der Waals surface area (Å²) in [6.07, 6.45) is 0. The van der Waals surface area contributed by atoms with E-state index in [1.807, 2.05) is 24.3 Å². The van der Waals surface area contributed by atoms with Gasteiger partial charge in [0.25, 0.3) is 10.1 Å². The van der Waals surface area contributed by atoms with Crippen LogP contribution >= 0.6 is 11.3 Å². The monoisotopic (exact) mass is 308 g/mol. The number of nitrogen functional groups attached to an aromatic ring is 1. The van der Waals surface area contributed by atoms with Crippen LogP contribution in [0, 0.1) is 0 Å². The van der Waals surface area contributed by atoms with E-state index in [9.17, 15) is 8.42 Å². The number of thiazole rings is 1. The van der Waals surface area contributed by atoms with E-state index in [0.29, 0.717) is 5.13 Å². The molecular weight excluding hydrogens is 296 g/mol. The first kappa shape index (κ1) is 14.4. The van der Waals surface area contributed by atoms with Gasteiger partial charge in [0.05, 0.1) is 15.1 Å². The molecule has 0 unspecified atom stereocenters. The fraction of sp³-hybridized carbons (Fsp3) is 0. The maximum atomic E-state index is 10.4. The van der Waals surface area contributed by atoms with E-state index in [2.05, 4.69) is 4.98 Å². The van der Waals surface area contributed by atoms with Crippen LogP contribution in [0.2, 0.25) is 0 Å². The average molecular weight is 308 g/mol. The first-order valence-corrected chi connectivity index (χ1v) is 7.86. The van der Waals surface area contributed by atoms with E-state index in [1.54, 1.807) is 18.2 Å². The Bertz CT molecular complexity index is 766. The third kappa shape index (κ3) is 3.77. The predicted molar refractivity (Wildman–Crippen MR) is 80.3 cm³/mol. The van der Waals surface area contributed by atoms with Crippen molar-refractivity contribution < 1.29 is 13.0 Å². The summed E-state index contributed by atoms with van der Waals surface area (Å²) in [5.74, 6) is 0. The average Bonchev–Trinajstić information content (AvgIpc) is 2.79. The van der Waals surface area contributed by atoms with Crippen LogP contribution in [0.1, 0.15) is 0 Å². The molecule has 104 valence electrons. The van der Waals surface area contributed by atoms with Gasteiger partial charge >= 0.3 is 0 Å².